The van der Waals surface area contributed by atoms with Gasteiger partial charge in [0.15, 0.2) is 5.96 Å². The van der Waals surface area contributed by atoms with Crippen LogP contribution in [0.2, 0.25) is 0 Å². The van der Waals surface area contributed by atoms with Crippen LogP contribution in [0.25, 0.3) is 0 Å². The van der Waals surface area contributed by atoms with Crippen LogP contribution < -0.4 is 5.32 Å². The fourth-order valence-corrected chi connectivity index (χ4v) is 2.16. The van der Waals surface area contributed by atoms with Crippen molar-refractivity contribution >= 4 is 41.3 Å². The fraction of sp³-hybridized carbons (Fsp3) is 0.636. The van der Waals surface area contributed by atoms with E-state index >= 15 is 0 Å². The maximum Gasteiger partial charge on any atom is 0.193 e. The lowest BCUT2D eigenvalue weighted by atomic mass is 10.2. The molecule has 0 aromatic carbocycles. The van der Waals surface area contributed by atoms with Crippen LogP contribution in [0.1, 0.15) is 30.5 Å². The van der Waals surface area contributed by atoms with Crippen LogP contribution in [0.15, 0.2) is 10.4 Å². The predicted octanol–water partition coefficient (Wildman–Crippen LogP) is 2.52. The lowest BCUT2D eigenvalue weighted by Crippen LogP contribution is -2.35. The van der Waals surface area contributed by atoms with E-state index in [1.165, 1.54) is 5.69 Å². The first-order chi connectivity index (χ1) is 7.54. The summed E-state index contributed by atoms with van der Waals surface area (Å²) in [5, 5.41) is 6.49. The summed E-state index contributed by atoms with van der Waals surface area (Å²) in [5.41, 5.74) is 1.17. The number of nitrogens with one attached hydrogen (secondary N) is 1. The van der Waals surface area contributed by atoms with Crippen LogP contribution in [0.4, 0.5) is 0 Å². The second kappa shape index (κ2) is 7.86. The second-order valence-corrected chi connectivity index (χ2v) is 5.06. The van der Waals surface area contributed by atoms with Crippen LogP contribution in [0.3, 0.4) is 0 Å². The molecule has 1 rings (SSSR count). The minimum Gasteiger partial charge on any atom is -0.350 e. The zero-order valence-electron chi connectivity index (χ0n) is 11.0. The Labute approximate surface area is 125 Å². The molecule has 1 aromatic heterocycles. The van der Waals surface area contributed by atoms with E-state index in [0.29, 0.717) is 5.92 Å². The molecule has 1 heterocycles. The van der Waals surface area contributed by atoms with Crippen molar-refractivity contribution in [3.63, 3.8) is 0 Å². The molecule has 0 atom stereocenters. The topological polar surface area (TPSA) is 40.5 Å². The number of halogens is 1. The van der Waals surface area contributed by atoms with E-state index in [9.17, 15) is 0 Å². The molecule has 0 aliphatic carbocycles. The highest BCUT2D eigenvalue weighted by molar-refractivity contribution is 14.0. The molecule has 0 aliphatic heterocycles. The Hall–Kier alpha value is -0.370. The molecule has 0 saturated carbocycles. The molecule has 1 aromatic rings. The van der Waals surface area contributed by atoms with Crippen LogP contribution in [-0.4, -0.2) is 37.0 Å². The Morgan fingerprint density at radius 2 is 2.18 bits per heavy atom. The fourth-order valence-electron chi connectivity index (χ4n) is 1.26. The van der Waals surface area contributed by atoms with E-state index in [4.69, 9.17) is 0 Å². The Kier molecular flexibility index (Phi) is 7.69. The molecule has 1 N–H and O–H groups in total. The van der Waals surface area contributed by atoms with Crippen molar-refractivity contribution in [3.05, 3.63) is 16.1 Å². The van der Waals surface area contributed by atoms with E-state index < -0.39 is 0 Å². The monoisotopic (exact) mass is 368 g/mol. The molecule has 6 heteroatoms. The molecule has 0 saturated heterocycles. The molecule has 0 unspecified atom stereocenters. The third-order valence-electron chi connectivity index (χ3n) is 2.19. The summed E-state index contributed by atoms with van der Waals surface area (Å²) in [4.78, 5) is 10.7. The van der Waals surface area contributed by atoms with Crippen molar-refractivity contribution < 1.29 is 0 Å². The average molecular weight is 368 g/mol. The zero-order chi connectivity index (χ0) is 12.1. The van der Waals surface area contributed by atoms with Gasteiger partial charge in [-0.05, 0) is 5.92 Å². The first-order valence-electron chi connectivity index (χ1n) is 5.37. The van der Waals surface area contributed by atoms with Gasteiger partial charge in [-0.25, -0.2) is 4.98 Å². The van der Waals surface area contributed by atoms with E-state index in [1.807, 2.05) is 19.0 Å². The first kappa shape index (κ1) is 16.6. The van der Waals surface area contributed by atoms with Crippen molar-refractivity contribution in [2.24, 2.45) is 4.99 Å². The lowest BCUT2D eigenvalue weighted by Gasteiger charge is -2.15. The summed E-state index contributed by atoms with van der Waals surface area (Å²) in [6.07, 6.45) is 0. The molecular weight excluding hydrogens is 347 g/mol. The van der Waals surface area contributed by atoms with Gasteiger partial charge >= 0.3 is 0 Å². The highest BCUT2D eigenvalue weighted by Crippen LogP contribution is 2.17. The quantitative estimate of drug-likeness (QED) is 0.506. The number of thiazole rings is 1. The lowest BCUT2D eigenvalue weighted by molar-refractivity contribution is 0.582. The van der Waals surface area contributed by atoms with Crippen molar-refractivity contribution in [3.8, 4) is 0 Å². The number of nitrogens with zero attached hydrogens (tertiary/aromatic N) is 3. The van der Waals surface area contributed by atoms with Crippen LogP contribution in [0.5, 0.6) is 0 Å². The Bertz CT molecular complexity index is 360. The SMILES string of the molecule is CN=C(NCc1nc(C(C)C)cs1)N(C)C.I. The van der Waals surface area contributed by atoms with Crippen LogP contribution in [-0.2, 0) is 6.54 Å². The largest absolute Gasteiger partial charge is 0.350 e. The van der Waals surface area contributed by atoms with Gasteiger partial charge in [-0.3, -0.25) is 4.99 Å². The summed E-state index contributed by atoms with van der Waals surface area (Å²) in [7, 11) is 5.72. The van der Waals surface area contributed by atoms with Gasteiger partial charge in [0, 0.05) is 26.5 Å². The molecule has 0 radical (unpaired) electrons. The molecule has 0 fully saturated rings. The molecule has 0 bridgehead atoms. The van der Waals surface area contributed by atoms with Crippen LogP contribution in [0, 0.1) is 0 Å². The van der Waals surface area contributed by atoms with Gasteiger partial charge in [0.1, 0.15) is 5.01 Å². The number of hydrogen-bond acceptors (Lipinski definition) is 3. The molecule has 0 amide bonds. The minimum atomic E-state index is 0. The number of rotatable bonds is 3. The predicted molar refractivity (Wildman–Crippen MR) is 85.5 cm³/mol. The number of aliphatic imine (C=N–C) groups is 1. The van der Waals surface area contributed by atoms with E-state index in [2.05, 4.69) is 34.5 Å². The Morgan fingerprint density at radius 3 is 2.59 bits per heavy atom. The summed E-state index contributed by atoms with van der Waals surface area (Å²) < 4.78 is 0. The molecule has 0 aliphatic rings. The van der Waals surface area contributed by atoms with Crippen molar-refractivity contribution in [1.82, 2.24) is 15.2 Å². The zero-order valence-corrected chi connectivity index (χ0v) is 14.2. The van der Waals surface area contributed by atoms with Crippen molar-refractivity contribution in [2.75, 3.05) is 21.1 Å². The number of guanidine groups is 1. The minimum absolute atomic E-state index is 0. The van der Waals surface area contributed by atoms with Gasteiger partial charge in [-0.1, -0.05) is 13.8 Å². The standard InChI is InChI=1S/C11H20N4S.HI/c1-8(2)9-7-16-10(14-9)6-13-11(12-3)15(4)5;/h7-8H,6H2,1-5H3,(H,12,13);1H. The van der Waals surface area contributed by atoms with E-state index in [-0.39, 0.29) is 24.0 Å². The van der Waals surface area contributed by atoms with Gasteiger partial charge in [0.05, 0.1) is 12.2 Å². The van der Waals surface area contributed by atoms with E-state index in [0.717, 1.165) is 17.5 Å². The number of hydrogen-bond donors (Lipinski definition) is 1. The van der Waals surface area contributed by atoms with Gasteiger partial charge in [-0.2, -0.15) is 0 Å². The van der Waals surface area contributed by atoms with Gasteiger partial charge in [0.2, 0.25) is 0 Å². The van der Waals surface area contributed by atoms with Gasteiger partial charge < -0.3 is 10.2 Å². The maximum absolute atomic E-state index is 4.56. The summed E-state index contributed by atoms with van der Waals surface area (Å²) >= 11 is 1.69. The smallest absolute Gasteiger partial charge is 0.193 e. The highest BCUT2D eigenvalue weighted by atomic mass is 127. The maximum atomic E-state index is 4.56. The van der Waals surface area contributed by atoms with Gasteiger partial charge in [-0.15, -0.1) is 35.3 Å². The second-order valence-electron chi connectivity index (χ2n) is 4.12. The van der Waals surface area contributed by atoms with Crippen LogP contribution >= 0.6 is 35.3 Å². The summed E-state index contributed by atoms with van der Waals surface area (Å²) in [6.45, 7) is 5.05. The molecular formula is C11H21IN4S. The molecule has 98 valence electrons. The molecule has 17 heavy (non-hydrogen) atoms. The van der Waals surface area contributed by atoms with Crippen molar-refractivity contribution in [1.29, 1.82) is 0 Å². The summed E-state index contributed by atoms with van der Waals surface area (Å²) in [6, 6.07) is 0. The third-order valence-corrected chi connectivity index (χ3v) is 3.06. The highest BCUT2D eigenvalue weighted by Gasteiger charge is 2.06. The molecule has 0 spiro atoms. The van der Waals surface area contributed by atoms with E-state index in [1.54, 1.807) is 18.4 Å². The molecule has 4 nitrogen and oxygen atoms in total. The van der Waals surface area contributed by atoms with Gasteiger partial charge in [0.25, 0.3) is 0 Å². The summed E-state index contributed by atoms with van der Waals surface area (Å²) in [5.74, 6) is 1.37. The number of aromatic nitrogens is 1. The van der Waals surface area contributed by atoms with Crippen molar-refractivity contribution in [2.45, 2.75) is 26.3 Å². The normalized spacial score (nSPS) is 11.3. The Morgan fingerprint density at radius 1 is 1.53 bits per heavy atom. The third kappa shape index (κ3) is 5.20. The average Bonchev–Trinajstić information content (AvgIpc) is 2.67. The Balaban J connectivity index is 0.00000256. The first-order valence-corrected chi connectivity index (χ1v) is 6.24.